The van der Waals surface area contributed by atoms with Gasteiger partial charge in [-0.15, -0.1) is 0 Å². The molecule has 1 aliphatic rings. The third-order valence-electron chi connectivity index (χ3n) is 2.67. The molecule has 0 N–H and O–H groups in total. The lowest BCUT2D eigenvalue weighted by molar-refractivity contribution is -0.102. The van der Waals surface area contributed by atoms with Crippen molar-refractivity contribution in [2.75, 3.05) is 13.7 Å². The average Bonchev–Trinajstić information content (AvgIpc) is 2.77. The van der Waals surface area contributed by atoms with E-state index in [0.717, 1.165) is 12.0 Å². The maximum absolute atomic E-state index is 12.1. The predicted octanol–water partition coefficient (Wildman–Crippen LogP) is 1.88. The number of methoxy groups -OCH3 is 1. The lowest BCUT2D eigenvalue weighted by atomic mass is 9.96. The van der Waals surface area contributed by atoms with Gasteiger partial charge in [0.15, 0.2) is 12.1 Å². The second kappa shape index (κ2) is 4.55. The van der Waals surface area contributed by atoms with E-state index in [9.17, 15) is 4.79 Å². The van der Waals surface area contributed by atoms with Crippen molar-refractivity contribution < 1.29 is 14.3 Å². The zero-order valence-electron chi connectivity index (χ0n) is 8.68. The van der Waals surface area contributed by atoms with E-state index in [4.69, 9.17) is 9.47 Å². The topological polar surface area (TPSA) is 35.5 Å². The normalized spacial score (nSPS) is 25.4. The summed E-state index contributed by atoms with van der Waals surface area (Å²) in [6.45, 7) is 0.599. The molecule has 0 aliphatic carbocycles. The van der Waals surface area contributed by atoms with Crippen molar-refractivity contribution in [1.29, 1.82) is 0 Å². The lowest BCUT2D eigenvalue weighted by Gasteiger charge is -2.15. The number of hydrogen-bond acceptors (Lipinski definition) is 3. The number of carbonyl (C=O) groups is 1. The summed E-state index contributed by atoms with van der Waals surface area (Å²) in [7, 11) is 1.57. The molecule has 2 atom stereocenters. The molecule has 0 bridgehead atoms. The Morgan fingerprint density at radius 1 is 1.40 bits per heavy atom. The molecule has 0 aromatic heterocycles. The molecular weight excluding hydrogens is 192 g/mol. The highest BCUT2D eigenvalue weighted by molar-refractivity contribution is 5.98. The van der Waals surface area contributed by atoms with Gasteiger partial charge in [0.1, 0.15) is 0 Å². The summed E-state index contributed by atoms with van der Waals surface area (Å²) in [4.78, 5) is 12.1. The molecule has 2 unspecified atom stereocenters. The molecule has 0 saturated carbocycles. The Balaban J connectivity index is 2.14. The minimum Gasteiger partial charge on any atom is -0.355 e. The number of benzene rings is 1. The van der Waals surface area contributed by atoms with Crippen LogP contribution in [0.4, 0.5) is 0 Å². The van der Waals surface area contributed by atoms with Crippen LogP contribution in [0, 0.1) is 5.92 Å². The third kappa shape index (κ3) is 2.08. The van der Waals surface area contributed by atoms with Gasteiger partial charge in [-0.3, -0.25) is 4.79 Å². The minimum atomic E-state index is -0.377. The number of ketones is 1. The van der Waals surface area contributed by atoms with Gasteiger partial charge >= 0.3 is 0 Å². The maximum atomic E-state index is 12.1. The van der Waals surface area contributed by atoms with Crippen molar-refractivity contribution in [1.82, 2.24) is 0 Å². The summed E-state index contributed by atoms with van der Waals surface area (Å²) < 4.78 is 10.4. The molecule has 3 nitrogen and oxygen atoms in total. The fraction of sp³-hybridized carbons (Fsp3) is 0.417. The molecule has 1 saturated heterocycles. The van der Waals surface area contributed by atoms with E-state index in [0.29, 0.717) is 6.61 Å². The molecule has 1 fully saturated rings. The Bertz CT molecular complexity index is 334. The van der Waals surface area contributed by atoms with Crippen LogP contribution in [0.25, 0.3) is 0 Å². The summed E-state index contributed by atoms with van der Waals surface area (Å²) in [5.74, 6) is -0.0441. The van der Waals surface area contributed by atoms with Crippen molar-refractivity contribution in [3.63, 3.8) is 0 Å². The Labute approximate surface area is 89.0 Å². The van der Waals surface area contributed by atoms with Gasteiger partial charge in [0.05, 0.1) is 12.5 Å². The van der Waals surface area contributed by atoms with E-state index in [2.05, 4.69) is 0 Å². The molecule has 0 spiro atoms. The zero-order valence-corrected chi connectivity index (χ0v) is 8.68. The highest BCUT2D eigenvalue weighted by Crippen LogP contribution is 2.25. The van der Waals surface area contributed by atoms with Crippen LogP contribution < -0.4 is 0 Å². The van der Waals surface area contributed by atoms with Gasteiger partial charge in [-0.05, 0) is 6.42 Å². The molecule has 80 valence electrons. The number of carbonyl (C=O) groups excluding carboxylic acids is 1. The number of hydrogen-bond donors (Lipinski definition) is 0. The molecule has 15 heavy (non-hydrogen) atoms. The molecule has 1 heterocycles. The van der Waals surface area contributed by atoms with Gasteiger partial charge < -0.3 is 9.47 Å². The Morgan fingerprint density at radius 2 is 2.13 bits per heavy atom. The van der Waals surface area contributed by atoms with Gasteiger partial charge in [0.2, 0.25) is 0 Å². The second-order valence-electron chi connectivity index (χ2n) is 3.60. The SMILES string of the molecule is COC1OCCC1C(=O)c1ccccc1. The van der Waals surface area contributed by atoms with E-state index in [1.165, 1.54) is 0 Å². The highest BCUT2D eigenvalue weighted by Gasteiger charge is 2.34. The predicted molar refractivity (Wildman–Crippen MR) is 55.6 cm³/mol. The minimum absolute atomic E-state index is 0.111. The van der Waals surface area contributed by atoms with Crippen LogP contribution in [0.2, 0.25) is 0 Å². The highest BCUT2D eigenvalue weighted by atomic mass is 16.7. The van der Waals surface area contributed by atoms with Crippen LogP contribution in [-0.2, 0) is 9.47 Å². The first kappa shape index (κ1) is 10.3. The van der Waals surface area contributed by atoms with Crippen molar-refractivity contribution in [3.05, 3.63) is 35.9 Å². The summed E-state index contributed by atoms with van der Waals surface area (Å²) in [5.41, 5.74) is 0.732. The van der Waals surface area contributed by atoms with Gasteiger partial charge in [-0.1, -0.05) is 30.3 Å². The lowest BCUT2D eigenvalue weighted by Crippen LogP contribution is -2.25. The zero-order chi connectivity index (χ0) is 10.7. The maximum Gasteiger partial charge on any atom is 0.171 e. The number of ether oxygens (including phenoxy) is 2. The summed E-state index contributed by atoms with van der Waals surface area (Å²) in [5, 5.41) is 0. The van der Waals surface area contributed by atoms with Gasteiger partial charge in [-0.25, -0.2) is 0 Å². The van der Waals surface area contributed by atoms with E-state index in [1.807, 2.05) is 30.3 Å². The molecule has 2 rings (SSSR count). The largest absolute Gasteiger partial charge is 0.355 e. The van der Waals surface area contributed by atoms with Gasteiger partial charge in [0.25, 0.3) is 0 Å². The van der Waals surface area contributed by atoms with E-state index >= 15 is 0 Å². The smallest absolute Gasteiger partial charge is 0.171 e. The fourth-order valence-corrected chi connectivity index (χ4v) is 1.87. The summed E-state index contributed by atoms with van der Waals surface area (Å²) >= 11 is 0. The fourth-order valence-electron chi connectivity index (χ4n) is 1.87. The van der Waals surface area contributed by atoms with E-state index in [1.54, 1.807) is 7.11 Å². The average molecular weight is 206 g/mol. The van der Waals surface area contributed by atoms with Crippen LogP contribution >= 0.6 is 0 Å². The van der Waals surface area contributed by atoms with Gasteiger partial charge in [0, 0.05) is 12.7 Å². The van der Waals surface area contributed by atoms with Gasteiger partial charge in [-0.2, -0.15) is 0 Å². The Morgan fingerprint density at radius 3 is 2.80 bits per heavy atom. The van der Waals surface area contributed by atoms with Crippen LogP contribution in [0.1, 0.15) is 16.8 Å². The van der Waals surface area contributed by atoms with Crippen LogP contribution in [0.3, 0.4) is 0 Å². The number of rotatable bonds is 3. The summed E-state index contributed by atoms with van der Waals surface area (Å²) in [6, 6.07) is 9.28. The van der Waals surface area contributed by atoms with E-state index in [-0.39, 0.29) is 18.0 Å². The monoisotopic (exact) mass is 206 g/mol. The van der Waals surface area contributed by atoms with Crippen LogP contribution in [-0.4, -0.2) is 25.8 Å². The first-order chi connectivity index (χ1) is 7.33. The first-order valence-corrected chi connectivity index (χ1v) is 5.06. The first-order valence-electron chi connectivity index (χ1n) is 5.06. The Hall–Kier alpha value is -1.19. The van der Waals surface area contributed by atoms with Crippen molar-refractivity contribution in [2.45, 2.75) is 12.7 Å². The molecule has 3 heteroatoms. The molecular formula is C12H14O3. The third-order valence-corrected chi connectivity index (χ3v) is 2.67. The summed E-state index contributed by atoms with van der Waals surface area (Å²) in [6.07, 6.45) is 0.365. The van der Waals surface area contributed by atoms with Crippen molar-refractivity contribution in [2.24, 2.45) is 5.92 Å². The molecule has 1 aromatic carbocycles. The Kier molecular flexibility index (Phi) is 3.14. The standard InChI is InChI=1S/C12H14O3/c1-14-12-10(7-8-15-12)11(13)9-5-3-2-4-6-9/h2-6,10,12H,7-8H2,1H3. The van der Waals surface area contributed by atoms with Crippen molar-refractivity contribution >= 4 is 5.78 Å². The van der Waals surface area contributed by atoms with Crippen LogP contribution in [0.15, 0.2) is 30.3 Å². The second-order valence-corrected chi connectivity index (χ2v) is 3.60. The molecule has 1 aromatic rings. The quantitative estimate of drug-likeness (QED) is 0.708. The van der Waals surface area contributed by atoms with Crippen molar-refractivity contribution in [3.8, 4) is 0 Å². The molecule has 1 aliphatic heterocycles. The number of Topliss-reactive ketones (excluding diaryl/α,β-unsaturated/α-hetero) is 1. The van der Waals surface area contributed by atoms with Crippen LogP contribution in [0.5, 0.6) is 0 Å². The molecule has 0 amide bonds. The molecule has 0 radical (unpaired) electrons. The van der Waals surface area contributed by atoms with E-state index < -0.39 is 0 Å².